The van der Waals surface area contributed by atoms with Crippen molar-refractivity contribution in [2.45, 2.75) is 4.75 Å². The van der Waals surface area contributed by atoms with Crippen molar-refractivity contribution in [2.75, 3.05) is 0 Å². The molecule has 1 aromatic rings. The van der Waals surface area contributed by atoms with Crippen LogP contribution in [0.25, 0.3) is 0 Å². The molecule has 1 aliphatic carbocycles. The predicted octanol–water partition coefficient (Wildman–Crippen LogP) is 3.31. The maximum atomic E-state index is 6.52. The standard InChI is InChI=1S/C11H10Cl2Ge/c12-14(13,11-8-4-5-9-11)10-6-2-1-3-7-10/h1-9,11H. The molecule has 0 aromatic heterocycles. The van der Waals surface area contributed by atoms with Crippen molar-refractivity contribution in [1.82, 2.24) is 0 Å². The average Bonchev–Trinajstić information content (AvgIpc) is 2.72. The summed E-state index contributed by atoms with van der Waals surface area (Å²) in [7, 11) is 13.0. The molecule has 0 saturated carbocycles. The molecule has 0 amide bonds. The molecule has 3 heteroatoms. The molecule has 0 radical (unpaired) electrons. The van der Waals surface area contributed by atoms with Crippen LogP contribution in [0.15, 0.2) is 54.6 Å². The van der Waals surface area contributed by atoms with Crippen LogP contribution in [0.2, 0.25) is 4.75 Å². The molecule has 0 fully saturated rings. The summed E-state index contributed by atoms with van der Waals surface area (Å²) in [5.74, 6) is 0. The quantitative estimate of drug-likeness (QED) is 0.732. The number of hydrogen-bond acceptors (Lipinski definition) is 0. The first-order valence-corrected chi connectivity index (χ1v) is 12.3. The van der Waals surface area contributed by atoms with E-state index in [1.54, 1.807) is 0 Å². The summed E-state index contributed by atoms with van der Waals surface area (Å²) >= 11 is -2.91. The summed E-state index contributed by atoms with van der Waals surface area (Å²) in [5, 5.41) is 0. The van der Waals surface area contributed by atoms with Gasteiger partial charge in [-0.15, -0.1) is 0 Å². The normalized spacial score (nSPS) is 16.4. The van der Waals surface area contributed by atoms with E-state index >= 15 is 0 Å². The zero-order valence-corrected chi connectivity index (χ0v) is 11.1. The van der Waals surface area contributed by atoms with E-state index in [4.69, 9.17) is 20.0 Å². The maximum absolute atomic E-state index is 6.52. The Kier molecular flexibility index (Phi) is 3.05. The molecule has 1 aliphatic rings. The Labute approximate surface area is 95.0 Å². The monoisotopic (exact) mass is 286 g/mol. The fourth-order valence-electron chi connectivity index (χ4n) is 1.53. The SMILES string of the molecule is [Cl][Ge]([Cl])([c]1ccccc1)[CH]1C=CC=C1. The molecule has 0 spiro atoms. The van der Waals surface area contributed by atoms with Gasteiger partial charge in [0.05, 0.1) is 0 Å². The van der Waals surface area contributed by atoms with E-state index in [2.05, 4.69) is 12.2 Å². The first-order chi connectivity index (χ1) is 6.71. The predicted molar refractivity (Wildman–Crippen MR) is 65.6 cm³/mol. The van der Waals surface area contributed by atoms with Gasteiger partial charge in [-0.25, -0.2) is 0 Å². The van der Waals surface area contributed by atoms with Crippen molar-refractivity contribution in [2.24, 2.45) is 0 Å². The van der Waals surface area contributed by atoms with Crippen LogP contribution in [0, 0.1) is 0 Å². The van der Waals surface area contributed by atoms with Gasteiger partial charge in [-0.1, -0.05) is 0 Å². The Hall–Kier alpha value is -0.177. The Bertz CT molecular complexity index is 356. The van der Waals surface area contributed by atoms with Crippen LogP contribution in [0.5, 0.6) is 0 Å². The van der Waals surface area contributed by atoms with Crippen molar-refractivity contribution < 1.29 is 0 Å². The summed E-state index contributed by atoms with van der Waals surface area (Å²) < 4.78 is 1.37. The number of rotatable bonds is 2. The van der Waals surface area contributed by atoms with Crippen LogP contribution in [-0.4, -0.2) is 11.4 Å². The van der Waals surface area contributed by atoms with Gasteiger partial charge in [-0.2, -0.15) is 0 Å². The summed E-state index contributed by atoms with van der Waals surface area (Å²) in [6, 6.07) is 10.0. The van der Waals surface area contributed by atoms with E-state index in [-0.39, 0.29) is 4.75 Å². The molecule has 72 valence electrons. The third-order valence-corrected chi connectivity index (χ3v) is 12.1. The zero-order valence-electron chi connectivity index (χ0n) is 7.53. The van der Waals surface area contributed by atoms with E-state index in [1.165, 1.54) is 0 Å². The summed E-state index contributed by atoms with van der Waals surface area (Å²) in [6.07, 6.45) is 8.21. The first kappa shape index (κ1) is 10.3. The van der Waals surface area contributed by atoms with E-state index in [9.17, 15) is 0 Å². The topological polar surface area (TPSA) is 0 Å². The fourth-order valence-corrected chi connectivity index (χ4v) is 7.97. The van der Waals surface area contributed by atoms with Gasteiger partial charge in [0, 0.05) is 0 Å². The molecule has 0 aliphatic heterocycles. The summed E-state index contributed by atoms with van der Waals surface area (Å²) in [5.41, 5.74) is 0. The fraction of sp³-hybridized carbons (Fsp3) is 0.0909. The molecule has 0 nitrogen and oxygen atoms in total. The van der Waals surface area contributed by atoms with Crippen LogP contribution < -0.4 is 4.40 Å². The van der Waals surface area contributed by atoms with Gasteiger partial charge >= 0.3 is 95.2 Å². The van der Waals surface area contributed by atoms with Gasteiger partial charge in [0.25, 0.3) is 0 Å². The summed E-state index contributed by atoms with van der Waals surface area (Å²) in [6.45, 7) is 0. The molecule has 0 bridgehead atoms. The molecule has 2 rings (SSSR count). The van der Waals surface area contributed by atoms with Gasteiger partial charge < -0.3 is 0 Å². The molecule has 0 atom stereocenters. The van der Waals surface area contributed by atoms with Crippen LogP contribution in [-0.2, 0) is 0 Å². The first-order valence-electron chi connectivity index (χ1n) is 4.49. The number of halogens is 2. The van der Waals surface area contributed by atoms with Crippen molar-refractivity contribution in [1.29, 1.82) is 0 Å². The van der Waals surface area contributed by atoms with Crippen LogP contribution in [0.4, 0.5) is 0 Å². The Morgan fingerprint density at radius 3 is 2.07 bits per heavy atom. The minimum atomic E-state index is -2.91. The second-order valence-corrected chi connectivity index (χ2v) is 15.7. The van der Waals surface area contributed by atoms with Crippen molar-refractivity contribution in [3.8, 4) is 0 Å². The molecular weight excluding hydrogens is 276 g/mol. The van der Waals surface area contributed by atoms with Crippen LogP contribution in [0.3, 0.4) is 0 Å². The van der Waals surface area contributed by atoms with E-state index in [1.807, 2.05) is 42.5 Å². The number of allylic oxidation sites excluding steroid dienone is 4. The summed E-state index contributed by atoms with van der Waals surface area (Å²) in [4.78, 5) is 0. The molecular formula is C11H10Cl2Ge. The van der Waals surface area contributed by atoms with Crippen molar-refractivity contribution in [3.63, 3.8) is 0 Å². The van der Waals surface area contributed by atoms with Gasteiger partial charge in [-0.3, -0.25) is 0 Å². The molecule has 14 heavy (non-hydrogen) atoms. The molecule has 0 saturated heterocycles. The second-order valence-electron chi connectivity index (χ2n) is 3.28. The third kappa shape index (κ3) is 1.92. The van der Waals surface area contributed by atoms with Crippen LogP contribution in [0.1, 0.15) is 0 Å². The number of benzene rings is 1. The number of hydrogen-bond donors (Lipinski definition) is 0. The van der Waals surface area contributed by atoms with E-state index in [0.717, 1.165) is 4.40 Å². The second kappa shape index (κ2) is 4.13. The van der Waals surface area contributed by atoms with Gasteiger partial charge in [0.2, 0.25) is 0 Å². The Morgan fingerprint density at radius 1 is 0.929 bits per heavy atom. The molecule has 0 N–H and O–H groups in total. The van der Waals surface area contributed by atoms with Gasteiger partial charge in [-0.05, 0) is 0 Å². The van der Waals surface area contributed by atoms with E-state index < -0.39 is 11.4 Å². The van der Waals surface area contributed by atoms with E-state index in [0.29, 0.717) is 0 Å². The van der Waals surface area contributed by atoms with Crippen LogP contribution >= 0.6 is 20.0 Å². The van der Waals surface area contributed by atoms with Crippen molar-refractivity contribution in [3.05, 3.63) is 54.6 Å². The average molecular weight is 286 g/mol. The molecule has 0 heterocycles. The Morgan fingerprint density at radius 2 is 1.50 bits per heavy atom. The minimum absolute atomic E-state index is 0.251. The van der Waals surface area contributed by atoms with Crippen molar-refractivity contribution >= 4 is 35.8 Å². The third-order valence-electron chi connectivity index (χ3n) is 2.33. The van der Waals surface area contributed by atoms with Gasteiger partial charge in [0.15, 0.2) is 0 Å². The zero-order chi connectivity index (χ0) is 10.0. The van der Waals surface area contributed by atoms with Gasteiger partial charge in [0.1, 0.15) is 0 Å². The molecule has 1 aromatic carbocycles. The Balaban J connectivity index is 2.32. The molecule has 0 unspecified atom stereocenters.